The first kappa shape index (κ1) is 20.9. The quantitative estimate of drug-likeness (QED) is 0.607. The molecule has 1 aromatic rings. The molecule has 0 spiro atoms. The number of ether oxygens (including phenoxy) is 2. The lowest BCUT2D eigenvalue weighted by Crippen LogP contribution is -2.50. The molecule has 0 radical (unpaired) electrons. The minimum Gasteiger partial charge on any atom is -0.497 e. The predicted molar refractivity (Wildman–Crippen MR) is 107 cm³/mol. The molecule has 2 aliphatic carbocycles. The number of allylic oxidation sites excluding steroid dienone is 1. The van der Waals surface area contributed by atoms with Crippen LogP contribution in [0.5, 0.6) is 5.75 Å². The Kier molecular flexibility index (Phi) is 5.61. The monoisotopic (exact) mass is 388 g/mol. The Hall–Kier alpha value is -1.85. The molecule has 0 amide bonds. The van der Waals surface area contributed by atoms with Gasteiger partial charge in [-0.1, -0.05) is 32.4 Å². The van der Waals surface area contributed by atoms with Gasteiger partial charge in [0.2, 0.25) is 0 Å². The van der Waals surface area contributed by atoms with Gasteiger partial charge < -0.3 is 19.7 Å². The van der Waals surface area contributed by atoms with Gasteiger partial charge in [-0.3, -0.25) is 0 Å². The lowest BCUT2D eigenvalue weighted by molar-refractivity contribution is -0.113. The molecule has 0 aliphatic heterocycles. The number of aliphatic hydroxyl groups excluding tert-OH is 1. The van der Waals surface area contributed by atoms with Crippen molar-refractivity contribution in [1.82, 2.24) is 0 Å². The number of benzene rings is 1. The molecule has 0 unspecified atom stereocenters. The highest BCUT2D eigenvalue weighted by atomic mass is 16.5. The third-order valence-corrected chi connectivity index (χ3v) is 6.90. The zero-order chi connectivity index (χ0) is 20.7. The number of esters is 1. The van der Waals surface area contributed by atoms with E-state index in [2.05, 4.69) is 6.08 Å². The Labute approximate surface area is 167 Å². The van der Waals surface area contributed by atoms with Gasteiger partial charge >= 0.3 is 5.97 Å². The highest BCUT2D eigenvalue weighted by molar-refractivity contribution is 5.89. The summed E-state index contributed by atoms with van der Waals surface area (Å²) in [4.78, 5) is 12.9. The van der Waals surface area contributed by atoms with Gasteiger partial charge in [-0.15, -0.1) is 0 Å². The molecular weight excluding hydrogens is 356 g/mol. The Morgan fingerprint density at radius 1 is 1.25 bits per heavy atom. The maximum Gasteiger partial charge on any atom is 0.338 e. The van der Waals surface area contributed by atoms with Crippen LogP contribution in [0.15, 0.2) is 35.9 Å². The molecule has 5 heteroatoms. The van der Waals surface area contributed by atoms with E-state index in [0.29, 0.717) is 30.6 Å². The molecule has 0 heterocycles. The van der Waals surface area contributed by atoms with Crippen molar-refractivity contribution >= 4 is 5.97 Å². The lowest BCUT2D eigenvalue weighted by Gasteiger charge is -2.43. The molecule has 1 fully saturated rings. The van der Waals surface area contributed by atoms with E-state index in [-0.39, 0.29) is 11.8 Å². The van der Waals surface area contributed by atoms with Crippen molar-refractivity contribution in [1.29, 1.82) is 0 Å². The first-order valence-corrected chi connectivity index (χ1v) is 10.0. The number of fused-ring (bicyclic) bond motifs is 1. The molecule has 28 heavy (non-hydrogen) atoms. The Morgan fingerprint density at radius 2 is 1.89 bits per heavy atom. The molecular formula is C23H32O5. The third-order valence-electron chi connectivity index (χ3n) is 6.90. The third kappa shape index (κ3) is 3.46. The number of rotatable bonds is 4. The van der Waals surface area contributed by atoms with Crippen molar-refractivity contribution in [2.45, 2.75) is 64.8 Å². The highest BCUT2D eigenvalue weighted by Gasteiger charge is 2.63. The van der Waals surface area contributed by atoms with Crippen molar-refractivity contribution in [2.24, 2.45) is 17.3 Å². The van der Waals surface area contributed by atoms with Gasteiger partial charge in [0.15, 0.2) is 0 Å². The van der Waals surface area contributed by atoms with E-state index in [1.807, 2.05) is 27.7 Å². The molecule has 5 nitrogen and oxygen atoms in total. The molecule has 3 rings (SSSR count). The minimum absolute atomic E-state index is 0.0606. The van der Waals surface area contributed by atoms with E-state index in [4.69, 9.17) is 9.47 Å². The van der Waals surface area contributed by atoms with Gasteiger partial charge in [0, 0.05) is 24.2 Å². The predicted octanol–water partition coefficient (Wildman–Crippen LogP) is 3.73. The first-order chi connectivity index (χ1) is 13.1. The van der Waals surface area contributed by atoms with E-state index in [1.165, 1.54) is 0 Å². The molecule has 2 aliphatic rings. The van der Waals surface area contributed by atoms with E-state index < -0.39 is 29.2 Å². The van der Waals surface area contributed by atoms with Gasteiger partial charge in [0.05, 0.1) is 24.4 Å². The fourth-order valence-corrected chi connectivity index (χ4v) is 5.01. The van der Waals surface area contributed by atoms with Crippen LogP contribution in [0.4, 0.5) is 0 Å². The van der Waals surface area contributed by atoms with Crippen molar-refractivity contribution in [3.05, 3.63) is 41.5 Å². The highest BCUT2D eigenvalue weighted by Crippen LogP contribution is 2.58. The summed E-state index contributed by atoms with van der Waals surface area (Å²) in [5, 5.41) is 22.4. The number of methoxy groups -OCH3 is 1. The zero-order valence-electron chi connectivity index (χ0n) is 17.4. The summed E-state index contributed by atoms with van der Waals surface area (Å²) in [6.45, 7) is 7.95. The minimum atomic E-state index is -1.09. The number of hydrogen-bond acceptors (Lipinski definition) is 5. The van der Waals surface area contributed by atoms with E-state index in [1.54, 1.807) is 31.4 Å². The molecule has 2 N–H and O–H groups in total. The summed E-state index contributed by atoms with van der Waals surface area (Å²) in [6.07, 6.45) is 2.50. The first-order valence-electron chi connectivity index (χ1n) is 10.0. The van der Waals surface area contributed by atoms with Crippen LogP contribution < -0.4 is 4.74 Å². The van der Waals surface area contributed by atoms with E-state index >= 15 is 0 Å². The summed E-state index contributed by atoms with van der Waals surface area (Å²) in [7, 11) is 1.58. The van der Waals surface area contributed by atoms with E-state index in [9.17, 15) is 15.0 Å². The van der Waals surface area contributed by atoms with Crippen molar-refractivity contribution in [3.63, 3.8) is 0 Å². The van der Waals surface area contributed by atoms with Gasteiger partial charge in [-0.2, -0.15) is 0 Å². The van der Waals surface area contributed by atoms with Crippen molar-refractivity contribution in [2.75, 3.05) is 7.11 Å². The Balaban J connectivity index is 1.94. The standard InChI is InChI=1S/C23H32O5/c1-14(2)23(26)13-19(24)22(4)11-10-15(3)12-18(20(22)23)28-21(25)16-6-8-17(27-5)9-7-16/h6-10,14,18-20,24,26H,11-13H2,1-5H3/t18-,19-,20+,22-,23+/m0/s1. The molecule has 0 saturated heterocycles. The molecule has 154 valence electrons. The second-order valence-electron chi connectivity index (χ2n) is 8.98. The van der Waals surface area contributed by atoms with Crippen LogP contribution in [0.3, 0.4) is 0 Å². The van der Waals surface area contributed by atoms with Crippen LogP contribution >= 0.6 is 0 Å². The average molecular weight is 389 g/mol. The second kappa shape index (κ2) is 7.53. The SMILES string of the molecule is COc1ccc(C(=O)O[C@H]2CC(C)=CC[C@]3(C)[C@@H]2[C@](O)(C(C)C)C[C@@H]3O)cc1. The fourth-order valence-electron chi connectivity index (χ4n) is 5.01. The van der Waals surface area contributed by atoms with Crippen LogP contribution in [0.1, 0.15) is 57.3 Å². The summed E-state index contributed by atoms with van der Waals surface area (Å²) in [5.74, 6) is -0.150. The van der Waals surface area contributed by atoms with Crippen molar-refractivity contribution < 1.29 is 24.5 Å². The maximum atomic E-state index is 12.9. The number of hydrogen-bond donors (Lipinski definition) is 2. The number of aliphatic hydroxyl groups is 2. The summed E-state index contributed by atoms with van der Waals surface area (Å²) in [6, 6.07) is 6.81. The normalized spacial score (nSPS) is 35.1. The van der Waals surface area contributed by atoms with Gasteiger partial charge in [-0.25, -0.2) is 4.79 Å². The lowest BCUT2D eigenvalue weighted by atomic mass is 9.67. The smallest absolute Gasteiger partial charge is 0.338 e. The van der Waals surface area contributed by atoms with Crippen LogP contribution in [0, 0.1) is 17.3 Å². The molecule has 1 aromatic carbocycles. The Morgan fingerprint density at radius 3 is 2.46 bits per heavy atom. The van der Waals surface area contributed by atoms with Gasteiger partial charge in [0.1, 0.15) is 11.9 Å². The zero-order valence-corrected chi connectivity index (χ0v) is 17.4. The Bertz CT molecular complexity index is 753. The fraction of sp³-hybridized carbons (Fsp3) is 0.609. The topological polar surface area (TPSA) is 76.0 Å². The van der Waals surface area contributed by atoms with Crippen molar-refractivity contribution in [3.8, 4) is 5.75 Å². The molecule has 5 atom stereocenters. The van der Waals surface area contributed by atoms with Crippen LogP contribution in [-0.4, -0.2) is 41.1 Å². The maximum absolute atomic E-state index is 12.9. The van der Waals surface area contributed by atoms with Crippen LogP contribution in [0.25, 0.3) is 0 Å². The van der Waals surface area contributed by atoms with E-state index in [0.717, 1.165) is 5.57 Å². The summed E-state index contributed by atoms with van der Waals surface area (Å²) < 4.78 is 11.1. The molecule has 0 aromatic heterocycles. The van der Waals surface area contributed by atoms with Crippen LogP contribution in [-0.2, 0) is 4.74 Å². The molecule has 1 saturated carbocycles. The number of carbonyl (C=O) groups excluding carboxylic acids is 1. The second-order valence-corrected chi connectivity index (χ2v) is 8.98. The summed E-state index contributed by atoms with van der Waals surface area (Å²) >= 11 is 0. The summed E-state index contributed by atoms with van der Waals surface area (Å²) in [5.41, 5.74) is -0.0690. The van der Waals surface area contributed by atoms with Crippen LogP contribution in [0.2, 0.25) is 0 Å². The average Bonchev–Trinajstić information content (AvgIpc) is 2.76. The van der Waals surface area contributed by atoms with Gasteiger partial charge in [0.25, 0.3) is 0 Å². The molecule has 0 bridgehead atoms. The van der Waals surface area contributed by atoms with Gasteiger partial charge in [-0.05, 0) is 43.5 Å². The number of carbonyl (C=O) groups is 1. The largest absolute Gasteiger partial charge is 0.497 e.